The van der Waals surface area contributed by atoms with Gasteiger partial charge >= 0.3 is 0 Å². The first-order chi connectivity index (χ1) is 9.22. The maximum Gasteiger partial charge on any atom is 0.145 e. The summed E-state index contributed by atoms with van der Waals surface area (Å²) in [6, 6.07) is 9.80. The molecule has 0 unspecified atom stereocenters. The van der Waals surface area contributed by atoms with Crippen LogP contribution in [0.3, 0.4) is 0 Å². The molecule has 0 amide bonds. The van der Waals surface area contributed by atoms with Gasteiger partial charge < -0.3 is 21.3 Å². The van der Waals surface area contributed by atoms with Crippen LogP contribution < -0.4 is 16.2 Å². The van der Waals surface area contributed by atoms with Crippen LogP contribution in [0.2, 0.25) is 0 Å². The Morgan fingerprint density at radius 2 is 2.00 bits per heavy atom. The second-order valence-electron chi connectivity index (χ2n) is 4.25. The van der Waals surface area contributed by atoms with Crippen LogP contribution in [0.5, 0.6) is 5.75 Å². The van der Waals surface area contributed by atoms with Crippen molar-refractivity contribution in [3.05, 3.63) is 30.3 Å². The molecule has 98 valence electrons. The first-order valence-electron chi connectivity index (χ1n) is 5.95. The third kappa shape index (κ3) is 1.87. The maximum atomic E-state index is 8.82. The molecule has 5 N–H and O–H groups in total. The summed E-state index contributed by atoms with van der Waals surface area (Å²) in [7, 11) is 0. The Bertz CT molecular complexity index is 752. The number of nitrogen functional groups attached to an aromatic ring is 2. The average molecular weight is 274 g/mol. The normalized spacial score (nSPS) is 11.2. The van der Waals surface area contributed by atoms with Crippen molar-refractivity contribution >= 4 is 42.9 Å². The van der Waals surface area contributed by atoms with Gasteiger partial charge in [-0.3, -0.25) is 0 Å². The van der Waals surface area contributed by atoms with Crippen LogP contribution in [0.4, 0.5) is 11.4 Å². The number of fused-ring (bicyclic) bond motifs is 3. The van der Waals surface area contributed by atoms with E-state index in [1.807, 2.05) is 24.3 Å². The Hall–Kier alpha value is -1.98. The summed E-state index contributed by atoms with van der Waals surface area (Å²) in [4.78, 5) is 0. The van der Waals surface area contributed by atoms with Gasteiger partial charge in [-0.05, 0) is 6.07 Å². The molecule has 0 spiro atoms. The van der Waals surface area contributed by atoms with Crippen molar-refractivity contribution in [2.75, 3.05) is 24.7 Å². The van der Waals surface area contributed by atoms with Gasteiger partial charge in [-0.25, -0.2) is 0 Å². The largest absolute Gasteiger partial charge is 0.489 e. The third-order valence-electron chi connectivity index (χ3n) is 3.03. The molecule has 0 aliphatic rings. The zero-order valence-corrected chi connectivity index (χ0v) is 11.0. The number of benzene rings is 2. The van der Waals surface area contributed by atoms with E-state index >= 15 is 0 Å². The fourth-order valence-electron chi connectivity index (χ4n) is 2.20. The Labute approximate surface area is 114 Å². The van der Waals surface area contributed by atoms with Crippen LogP contribution >= 0.6 is 11.3 Å². The van der Waals surface area contributed by atoms with E-state index in [4.69, 9.17) is 21.3 Å². The summed E-state index contributed by atoms with van der Waals surface area (Å²) in [5, 5.41) is 10.9. The van der Waals surface area contributed by atoms with Crippen molar-refractivity contribution in [2.45, 2.75) is 0 Å². The highest BCUT2D eigenvalue weighted by molar-refractivity contribution is 7.26. The van der Waals surface area contributed by atoms with E-state index in [-0.39, 0.29) is 13.2 Å². The fraction of sp³-hybridized carbons (Fsp3) is 0.143. The Morgan fingerprint density at radius 3 is 2.79 bits per heavy atom. The minimum Gasteiger partial charge on any atom is -0.489 e. The quantitative estimate of drug-likeness (QED) is 0.641. The monoisotopic (exact) mass is 274 g/mol. The van der Waals surface area contributed by atoms with E-state index in [9.17, 15) is 0 Å². The smallest absolute Gasteiger partial charge is 0.145 e. The molecule has 3 aromatic rings. The molecule has 0 radical (unpaired) electrons. The van der Waals surface area contributed by atoms with E-state index in [0.717, 1.165) is 20.2 Å². The molecular formula is C14H14N2O2S. The van der Waals surface area contributed by atoms with Crippen LogP contribution in [0.1, 0.15) is 0 Å². The lowest BCUT2D eigenvalue weighted by molar-refractivity contribution is 0.202. The van der Waals surface area contributed by atoms with Crippen LogP contribution in [-0.4, -0.2) is 18.3 Å². The SMILES string of the molecule is Nc1c(OCCO)cc(N)c2c1sc1ccccc12. The first kappa shape index (κ1) is 12.1. The van der Waals surface area contributed by atoms with Crippen LogP contribution in [0.25, 0.3) is 20.2 Å². The van der Waals surface area contributed by atoms with Gasteiger partial charge in [0.05, 0.1) is 17.0 Å². The molecule has 19 heavy (non-hydrogen) atoms. The number of hydrogen-bond acceptors (Lipinski definition) is 5. The Kier molecular flexibility index (Phi) is 2.93. The molecule has 4 nitrogen and oxygen atoms in total. The van der Waals surface area contributed by atoms with Gasteiger partial charge in [0.2, 0.25) is 0 Å². The lowest BCUT2D eigenvalue weighted by Gasteiger charge is -2.10. The van der Waals surface area contributed by atoms with E-state index in [1.165, 1.54) is 0 Å². The summed E-state index contributed by atoms with van der Waals surface area (Å²) in [6.07, 6.45) is 0. The van der Waals surface area contributed by atoms with Crippen molar-refractivity contribution < 1.29 is 9.84 Å². The molecule has 0 atom stereocenters. The summed E-state index contributed by atoms with van der Waals surface area (Å²) in [5.74, 6) is 0.533. The second kappa shape index (κ2) is 4.60. The first-order valence-corrected chi connectivity index (χ1v) is 6.77. The highest BCUT2D eigenvalue weighted by atomic mass is 32.1. The van der Waals surface area contributed by atoms with Gasteiger partial charge in [-0.2, -0.15) is 0 Å². The second-order valence-corrected chi connectivity index (χ2v) is 5.30. The van der Waals surface area contributed by atoms with Gasteiger partial charge in [0.1, 0.15) is 12.4 Å². The molecule has 0 fully saturated rings. The van der Waals surface area contributed by atoms with E-state index in [0.29, 0.717) is 17.1 Å². The van der Waals surface area contributed by atoms with Gasteiger partial charge in [-0.15, -0.1) is 11.3 Å². The number of hydrogen-bond donors (Lipinski definition) is 3. The molecule has 1 aromatic heterocycles. The maximum absolute atomic E-state index is 8.82. The van der Waals surface area contributed by atoms with Crippen LogP contribution in [0.15, 0.2) is 30.3 Å². The summed E-state index contributed by atoms with van der Waals surface area (Å²) in [5.41, 5.74) is 13.5. The number of anilines is 2. The lowest BCUT2D eigenvalue weighted by atomic mass is 10.1. The summed E-state index contributed by atoms with van der Waals surface area (Å²) >= 11 is 1.60. The third-order valence-corrected chi connectivity index (χ3v) is 4.23. The fourth-order valence-corrected chi connectivity index (χ4v) is 3.39. The number of aliphatic hydroxyl groups excluding tert-OH is 1. The molecule has 0 bridgehead atoms. The molecule has 0 aliphatic carbocycles. The predicted molar refractivity (Wildman–Crippen MR) is 80.7 cm³/mol. The molecule has 0 saturated carbocycles. The summed E-state index contributed by atoms with van der Waals surface area (Å²) < 4.78 is 7.51. The number of ether oxygens (including phenoxy) is 1. The molecule has 0 saturated heterocycles. The highest BCUT2D eigenvalue weighted by Gasteiger charge is 2.14. The van der Waals surface area contributed by atoms with Gasteiger partial charge in [0.15, 0.2) is 0 Å². The minimum absolute atomic E-state index is 0.0518. The van der Waals surface area contributed by atoms with Crippen molar-refractivity contribution in [2.24, 2.45) is 0 Å². The Balaban J connectivity index is 2.30. The number of rotatable bonds is 3. The van der Waals surface area contributed by atoms with E-state index in [1.54, 1.807) is 17.4 Å². The number of nitrogens with two attached hydrogens (primary N) is 2. The molecule has 5 heteroatoms. The lowest BCUT2D eigenvalue weighted by Crippen LogP contribution is -2.04. The molecule has 1 heterocycles. The van der Waals surface area contributed by atoms with Gasteiger partial charge in [0.25, 0.3) is 0 Å². The van der Waals surface area contributed by atoms with E-state index < -0.39 is 0 Å². The molecule has 0 aliphatic heterocycles. The predicted octanol–water partition coefficient (Wildman–Crippen LogP) is 2.59. The number of thiophene rings is 1. The summed E-state index contributed by atoms with van der Waals surface area (Å²) in [6.45, 7) is 0.157. The highest BCUT2D eigenvalue weighted by Crippen LogP contribution is 2.44. The average Bonchev–Trinajstić information content (AvgIpc) is 2.81. The number of aliphatic hydroxyl groups is 1. The standard InChI is InChI=1S/C14H14N2O2S/c15-9-7-10(18-6-5-17)13(16)14-12(9)8-3-1-2-4-11(8)19-14/h1-4,7,17H,5-6,15-16H2. The minimum atomic E-state index is -0.0518. The van der Waals surface area contributed by atoms with Gasteiger partial charge in [-0.1, -0.05) is 18.2 Å². The van der Waals surface area contributed by atoms with Crippen molar-refractivity contribution in [1.29, 1.82) is 0 Å². The van der Waals surface area contributed by atoms with Crippen LogP contribution in [-0.2, 0) is 0 Å². The Morgan fingerprint density at radius 1 is 1.21 bits per heavy atom. The zero-order valence-electron chi connectivity index (χ0n) is 10.2. The molecule has 2 aromatic carbocycles. The molecule has 3 rings (SSSR count). The van der Waals surface area contributed by atoms with Crippen molar-refractivity contribution in [3.8, 4) is 5.75 Å². The van der Waals surface area contributed by atoms with Crippen molar-refractivity contribution in [3.63, 3.8) is 0 Å². The van der Waals surface area contributed by atoms with Gasteiger partial charge in [0, 0.05) is 27.2 Å². The van der Waals surface area contributed by atoms with E-state index in [2.05, 4.69) is 0 Å². The van der Waals surface area contributed by atoms with Crippen LogP contribution in [0, 0.1) is 0 Å². The van der Waals surface area contributed by atoms with Crippen molar-refractivity contribution in [1.82, 2.24) is 0 Å². The molecular weight excluding hydrogens is 260 g/mol. The topological polar surface area (TPSA) is 81.5 Å². The zero-order chi connectivity index (χ0) is 13.4.